The van der Waals surface area contributed by atoms with Crippen LogP contribution in [0.25, 0.3) is 0 Å². The number of fused-ring (bicyclic) bond motifs is 1. The minimum absolute atomic E-state index is 0.0325. The predicted molar refractivity (Wildman–Crippen MR) is 147 cm³/mol. The molecule has 1 heterocycles. The number of hydrogen-bond donors (Lipinski definition) is 2. The maximum atomic E-state index is 12.8. The van der Waals surface area contributed by atoms with Crippen LogP contribution in [0, 0.1) is 5.92 Å². The lowest BCUT2D eigenvalue weighted by atomic mass is 9.97. The Morgan fingerprint density at radius 1 is 1.00 bits per heavy atom. The Kier molecular flexibility index (Phi) is 6.96. The van der Waals surface area contributed by atoms with E-state index in [1.54, 1.807) is 7.11 Å². The van der Waals surface area contributed by atoms with Crippen molar-refractivity contribution in [3.63, 3.8) is 0 Å². The number of benzene rings is 3. The van der Waals surface area contributed by atoms with Crippen molar-refractivity contribution in [2.24, 2.45) is 11.7 Å². The second-order valence-electron chi connectivity index (χ2n) is 10.5. The number of carbonyl (C=O) groups excluding carboxylic acids is 1. The summed E-state index contributed by atoms with van der Waals surface area (Å²) >= 11 is 0. The number of anilines is 2. The zero-order valence-electron chi connectivity index (χ0n) is 21.7. The summed E-state index contributed by atoms with van der Waals surface area (Å²) in [6, 6.07) is 24.5. The van der Waals surface area contributed by atoms with Crippen LogP contribution in [0.5, 0.6) is 5.75 Å². The van der Waals surface area contributed by atoms with Gasteiger partial charge < -0.3 is 24.8 Å². The van der Waals surface area contributed by atoms with Crippen molar-refractivity contribution in [3.8, 4) is 5.75 Å². The van der Waals surface area contributed by atoms with E-state index in [4.69, 9.17) is 19.9 Å². The van der Waals surface area contributed by atoms with Crippen LogP contribution in [0.2, 0.25) is 0 Å². The minimum atomic E-state index is -0.427. The number of carbonyl (C=O) groups is 1. The second-order valence-corrected chi connectivity index (χ2v) is 10.5. The summed E-state index contributed by atoms with van der Waals surface area (Å²) in [6.45, 7) is 1.06. The van der Waals surface area contributed by atoms with E-state index in [1.165, 1.54) is 0 Å². The highest BCUT2D eigenvalue weighted by Crippen LogP contribution is 2.52. The number of amides is 1. The minimum Gasteiger partial charge on any atom is -0.491 e. The zero-order chi connectivity index (χ0) is 26.1. The van der Waals surface area contributed by atoms with Crippen LogP contribution in [0.1, 0.15) is 60.6 Å². The number of nitrogens with one attached hydrogen (secondary N) is 1. The number of methoxy groups -OCH3 is 1. The molecule has 3 unspecified atom stereocenters. The molecule has 3 aliphatic rings. The molecule has 1 aliphatic heterocycles. The molecule has 7 nitrogen and oxygen atoms in total. The van der Waals surface area contributed by atoms with Crippen molar-refractivity contribution >= 4 is 17.5 Å². The standard InChI is InChI=1S/C31H35N3O4/c1-36-17-18-37-25-15-16-26-27(19-25)34(24-13-14-24)29(28(26)32)20-9-11-23(12-10-20)33-31(35)38-30(22-7-8-22)21-5-3-2-4-6-21/h2-6,9-12,15-16,19,22,24,28-30H,7-8,13-14,17-18,32H2,1H3,(H,33,35). The van der Waals surface area contributed by atoms with Gasteiger partial charge >= 0.3 is 6.09 Å². The van der Waals surface area contributed by atoms with Gasteiger partial charge in [0.05, 0.1) is 18.7 Å². The molecule has 2 saturated carbocycles. The molecule has 2 fully saturated rings. The maximum absolute atomic E-state index is 12.8. The molecule has 0 spiro atoms. The number of nitrogens with two attached hydrogens (primary N) is 1. The average molecular weight is 514 g/mol. The molecule has 38 heavy (non-hydrogen) atoms. The largest absolute Gasteiger partial charge is 0.491 e. The Morgan fingerprint density at radius 2 is 1.76 bits per heavy atom. The third-order valence-corrected chi connectivity index (χ3v) is 7.69. The highest BCUT2D eigenvalue weighted by molar-refractivity contribution is 5.84. The first-order valence-corrected chi connectivity index (χ1v) is 13.5. The van der Waals surface area contributed by atoms with Crippen molar-refractivity contribution in [1.29, 1.82) is 0 Å². The van der Waals surface area contributed by atoms with Crippen LogP contribution in [-0.4, -0.2) is 32.5 Å². The van der Waals surface area contributed by atoms with Gasteiger partial charge in [-0.2, -0.15) is 0 Å². The van der Waals surface area contributed by atoms with Crippen LogP contribution in [0.15, 0.2) is 72.8 Å². The van der Waals surface area contributed by atoms with E-state index in [9.17, 15) is 4.79 Å². The predicted octanol–water partition coefficient (Wildman–Crippen LogP) is 6.14. The zero-order valence-corrected chi connectivity index (χ0v) is 21.7. The van der Waals surface area contributed by atoms with Crippen molar-refractivity contribution < 1.29 is 19.0 Å². The van der Waals surface area contributed by atoms with E-state index in [1.807, 2.05) is 48.5 Å². The van der Waals surface area contributed by atoms with Gasteiger partial charge in [-0.3, -0.25) is 5.32 Å². The number of ether oxygens (including phenoxy) is 3. The average Bonchev–Trinajstić information content (AvgIpc) is 3.87. The lowest BCUT2D eigenvalue weighted by Crippen LogP contribution is -2.31. The molecule has 3 aromatic rings. The van der Waals surface area contributed by atoms with Crippen molar-refractivity contribution in [1.82, 2.24) is 0 Å². The molecule has 3 atom stereocenters. The third-order valence-electron chi connectivity index (χ3n) is 7.69. The summed E-state index contributed by atoms with van der Waals surface area (Å²) in [7, 11) is 1.67. The topological polar surface area (TPSA) is 86.0 Å². The fourth-order valence-corrected chi connectivity index (χ4v) is 5.50. The van der Waals surface area contributed by atoms with Crippen LogP contribution in [-0.2, 0) is 9.47 Å². The monoisotopic (exact) mass is 513 g/mol. The van der Waals surface area contributed by atoms with Gasteiger partial charge in [0.2, 0.25) is 0 Å². The Bertz CT molecular complexity index is 1260. The normalized spacial score (nSPS) is 21.1. The lowest BCUT2D eigenvalue weighted by molar-refractivity contribution is 0.0975. The van der Waals surface area contributed by atoms with Crippen LogP contribution >= 0.6 is 0 Å². The van der Waals surface area contributed by atoms with Gasteiger partial charge in [-0.1, -0.05) is 48.5 Å². The van der Waals surface area contributed by atoms with Gasteiger partial charge in [-0.05, 0) is 60.6 Å². The maximum Gasteiger partial charge on any atom is 0.412 e. The van der Waals surface area contributed by atoms with Crippen LogP contribution in [0.3, 0.4) is 0 Å². The molecule has 1 amide bonds. The van der Waals surface area contributed by atoms with Gasteiger partial charge in [0, 0.05) is 36.5 Å². The van der Waals surface area contributed by atoms with Crippen molar-refractivity contribution in [3.05, 3.63) is 89.5 Å². The first-order chi connectivity index (χ1) is 18.6. The first-order valence-electron chi connectivity index (χ1n) is 13.5. The van der Waals surface area contributed by atoms with Gasteiger partial charge in [-0.25, -0.2) is 4.79 Å². The molecule has 0 saturated heterocycles. The van der Waals surface area contributed by atoms with E-state index in [0.717, 1.165) is 53.8 Å². The van der Waals surface area contributed by atoms with E-state index >= 15 is 0 Å². The molecule has 0 aromatic heterocycles. The van der Waals surface area contributed by atoms with Crippen molar-refractivity contribution in [2.75, 3.05) is 30.5 Å². The fourth-order valence-electron chi connectivity index (χ4n) is 5.50. The molecule has 0 bridgehead atoms. The molecule has 7 heteroatoms. The summed E-state index contributed by atoms with van der Waals surface area (Å²) in [5, 5.41) is 2.92. The highest BCUT2D eigenvalue weighted by Gasteiger charge is 2.44. The Hall–Kier alpha value is -3.55. The lowest BCUT2D eigenvalue weighted by Gasteiger charge is -2.30. The summed E-state index contributed by atoms with van der Waals surface area (Å²) < 4.78 is 16.9. The summed E-state index contributed by atoms with van der Waals surface area (Å²) in [6.07, 6.45) is 3.86. The number of hydrogen-bond acceptors (Lipinski definition) is 6. The number of rotatable bonds is 10. The van der Waals surface area contributed by atoms with Crippen LogP contribution < -0.4 is 20.7 Å². The van der Waals surface area contributed by atoms with Crippen LogP contribution in [0.4, 0.5) is 16.2 Å². The Morgan fingerprint density at radius 3 is 2.45 bits per heavy atom. The van der Waals surface area contributed by atoms with Gasteiger partial charge in [-0.15, -0.1) is 0 Å². The summed E-state index contributed by atoms with van der Waals surface area (Å²) in [5.41, 5.74) is 12.0. The summed E-state index contributed by atoms with van der Waals surface area (Å²) in [4.78, 5) is 15.2. The van der Waals surface area contributed by atoms with Gasteiger partial charge in [0.1, 0.15) is 18.5 Å². The molecule has 2 aliphatic carbocycles. The third kappa shape index (κ3) is 5.22. The molecule has 3 N–H and O–H groups in total. The fraction of sp³-hybridized carbons (Fsp3) is 0.387. The van der Waals surface area contributed by atoms with Gasteiger partial charge in [0.15, 0.2) is 0 Å². The van der Waals surface area contributed by atoms with E-state index in [0.29, 0.717) is 30.9 Å². The van der Waals surface area contributed by atoms with E-state index in [-0.39, 0.29) is 18.2 Å². The number of nitrogens with zero attached hydrogens (tertiary/aromatic N) is 1. The molecule has 6 rings (SSSR count). The highest BCUT2D eigenvalue weighted by atomic mass is 16.6. The molecule has 3 aromatic carbocycles. The quantitative estimate of drug-likeness (QED) is 0.317. The van der Waals surface area contributed by atoms with Crippen molar-refractivity contribution in [2.45, 2.75) is 49.9 Å². The smallest absolute Gasteiger partial charge is 0.412 e. The second kappa shape index (κ2) is 10.7. The first kappa shape index (κ1) is 24.8. The van der Waals surface area contributed by atoms with Gasteiger partial charge in [0.25, 0.3) is 0 Å². The van der Waals surface area contributed by atoms with E-state index in [2.05, 4.69) is 34.5 Å². The molecular weight excluding hydrogens is 478 g/mol. The molecule has 198 valence electrons. The summed E-state index contributed by atoms with van der Waals surface area (Å²) in [5.74, 6) is 1.23. The Labute approximate surface area is 223 Å². The molecular formula is C31H35N3O4. The molecule has 0 radical (unpaired) electrons. The Balaban J connectivity index is 1.15. The van der Waals surface area contributed by atoms with E-state index < -0.39 is 6.09 Å². The SMILES string of the molecule is COCCOc1ccc2c(c1)N(C1CC1)C(c1ccc(NC(=O)OC(c3ccccc3)C3CC3)cc1)C2N.